The molecule has 0 heterocycles. The van der Waals surface area contributed by atoms with E-state index in [1.165, 1.54) is 83.5 Å². The topological polar surface area (TPSA) is 37.3 Å². The first-order chi connectivity index (χ1) is 10.7. The summed E-state index contributed by atoms with van der Waals surface area (Å²) < 4.78 is 0. The zero-order valence-electron chi connectivity index (χ0n) is 15.2. The van der Waals surface area contributed by atoms with E-state index in [1.54, 1.807) is 0 Å². The van der Waals surface area contributed by atoms with Crippen molar-refractivity contribution in [3.63, 3.8) is 0 Å². The number of carboxylic acid groups (broad SMARTS) is 1. The summed E-state index contributed by atoms with van der Waals surface area (Å²) in [6.07, 6.45) is 20.1. The van der Waals surface area contributed by atoms with Crippen LogP contribution in [0.2, 0.25) is 0 Å². The van der Waals surface area contributed by atoms with Gasteiger partial charge in [-0.2, -0.15) is 0 Å². The van der Waals surface area contributed by atoms with E-state index in [-0.39, 0.29) is 0 Å². The maximum Gasteiger partial charge on any atom is 0.303 e. The van der Waals surface area contributed by atoms with Gasteiger partial charge in [0.05, 0.1) is 0 Å². The second-order valence-corrected chi connectivity index (χ2v) is 6.91. The molecule has 0 fully saturated rings. The van der Waals surface area contributed by atoms with Crippen molar-refractivity contribution in [1.29, 1.82) is 0 Å². The van der Waals surface area contributed by atoms with Crippen molar-refractivity contribution in [2.45, 2.75) is 117 Å². The van der Waals surface area contributed by atoms with Gasteiger partial charge in [-0.05, 0) is 12.3 Å². The van der Waals surface area contributed by atoms with Gasteiger partial charge in [-0.3, -0.25) is 4.79 Å². The number of hydrogen-bond acceptors (Lipinski definition) is 1. The molecule has 0 aliphatic carbocycles. The molecule has 0 radical (unpaired) electrons. The second-order valence-electron chi connectivity index (χ2n) is 6.91. The zero-order valence-corrected chi connectivity index (χ0v) is 15.2. The molecular formula is C20H40O2. The molecule has 0 atom stereocenters. The lowest BCUT2D eigenvalue weighted by atomic mass is 9.92. The molecular weight excluding hydrogens is 272 g/mol. The summed E-state index contributed by atoms with van der Waals surface area (Å²) in [5.74, 6) is 0.334. The lowest BCUT2D eigenvalue weighted by Crippen LogP contribution is -1.99. The van der Waals surface area contributed by atoms with Crippen molar-refractivity contribution in [3.8, 4) is 0 Å². The monoisotopic (exact) mass is 312 g/mol. The van der Waals surface area contributed by atoms with Gasteiger partial charge in [0.1, 0.15) is 0 Å². The molecule has 1 N–H and O–H groups in total. The third-order valence-electron chi connectivity index (χ3n) is 4.65. The van der Waals surface area contributed by atoms with Crippen LogP contribution in [0.25, 0.3) is 0 Å². The van der Waals surface area contributed by atoms with Gasteiger partial charge in [0.2, 0.25) is 0 Å². The van der Waals surface area contributed by atoms with Gasteiger partial charge in [-0.1, -0.05) is 104 Å². The van der Waals surface area contributed by atoms with Crippen molar-refractivity contribution in [2.75, 3.05) is 0 Å². The van der Waals surface area contributed by atoms with Gasteiger partial charge in [-0.15, -0.1) is 0 Å². The SMILES string of the molecule is CCCC(CCC)CCCCCCCCCCCCC(=O)O. The van der Waals surface area contributed by atoms with Gasteiger partial charge < -0.3 is 5.11 Å². The van der Waals surface area contributed by atoms with E-state index in [2.05, 4.69) is 13.8 Å². The molecule has 2 heteroatoms. The predicted octanol–water partition coefficient (Wildman–Crippen LogP) is 6.97. The third-order valence-corrected chi connectivity index (χ3v) is 4.65. The van der Waals surface area contributed by atoms with Crippen LogP contribution >= 0.6 is 0 Å². The minimum Gasteiger partial charge on any atom is -0.481 e. The minimum absolute atomic E-state index is 0.344. The Labute approximate surface area is 139 Å². The molecule has 0 saturated carbocycles. The highest BCUT2D eigenvalue weighted by Crippen LogP contribution is 2.21. The van der Waals surface area contributed by atoms with Crippen molar-refractivity contribution in [2.24, 2.45) is 5.92 Å². The predicted molar refractivity (Wildman–Crippen MR) is 96.3 cm³/mol. The van der Waals surface area contributed by atoms with Crippen LogP contribution in [-0.4, -0.2) is 11.1 Å². The van der Waals surface area contributed by atoms with Crippen LogP contribution in [0, 0.1) is 5.92 Å². The van der Waals surface area contributed by atoms with E-state index >= 15 is 0 Å². The van der Waals surface area contributed by atoms with Crippen LogP contribution < -0.4 is 0 Å². The smallest absolute Gasteiger partial charge is 0.303 e. The lowest BCUT2D eigenvalue weighted by Gasteiger charge is -2.14. The Morgan fingerprint density at radius 1 is 0.682 bits per heavy atom. The van der Waals surface area contributed by atoms with E-state index in [9.17, 15) is 4.79 Å². The minimum atomic E-state index is -0.653. The van der Waals surface area contributed by atoms with Crippen molar-refractivity contribution in [3.05, 3.63) is 0 Å². The van der Waals surface area contributed by atoms with Crippen LogP contribution in [0.1, 0.15) is 117 Å². The van der Waals surface area contributed by atoms with Gasteiger partial charge in [0, 0.05) is 6.42 Å². The van der Waals surface area contributed by atoms with Gasteiger partial charge in [-0.25, -0.2) is 0 Å². The fourth-order valence-corrected chi connectivity index (χ4v) is 3.37. The maximum atomic E-state index is 10.4. The Morgan fingerprint density at radius 3 is 1.50 bits per heavy atom. The summed E-state index contributed by atoms with van der Waals surface area (Å²) in [5.41, 5.74) is 0. The summed E-state index contributed by atoms with van der Waals surface area (Å²) >= 11 is 0. The standard InChI is InChI=1S/C20H40O2/c1-3-15-19(16-4-2)17-13-11-9-7-5-6-8-10-12-14-18-20(21)22/h19H,3-18H2,1-2H3,(H,21,22). The molecule has 0 aliphatic heterocycles. The van der Waals surface area contributed by atoms with Crippen LogP contribution in [-0.2, 0) is 4.79 Å². The normalized spacial score (nSPS) is 11.2. The molecule has 2 nitrogen and oxygen atoms in total. The summed E-state index contributed by atoms with van der Waals surface area (Å²) in [4.78, 5) is 10.4. The molecule has 0 spiro atoms. The van der Waals surface area contributed by atoms with Gasteiger partial charge >= 0.3 is 5.97 Å². The molecule has 0 amide bonds. The highest BCUT2D eigenvalue weighted by molar-refractivity contribution is 5.66. The highest BCUT2D eigenvalue weighted by Gasteiger charge is 2.05. The summed E-state index contributed by atoms with van der Waals surface area (Å²) in [6.45, 7) is 4.62. The fourth-order valence-electron chi connectivity index (χ4n) is 3.37. The van der Waals surface area contributed by atoms with Crippen LogP contribution in [0.4, 0.5) is 0 Å². The lowest BCUT2D eigenvalue weighted by molar-refractivity contribution is -0.137. The molecule has 22 heavy (non-hydrogen) atoms. The quantitative estimate of drug-likeness (QED) is 0.294. The van der Waals surface area contributed by atoms with E-state index in [1.807, 2.05) is 0 Å². The van der Waals surface area contributed by atoms with E-state index in [4.69, 9.17) is 5.11 Å². The average molecular weight is 313 g/mol. The molecule has 0 bridgehead atoms. The first-order valence-corrected chi connectivity index (χ1v) is 9.92. The number of carboxylic acids is 1. The van der Waals surface area contributed by atoms with Crippen molar-refractivity contribution in [1.82, 2.24) is 0 Å². The Balaban J connectivity index is 3.20. The Hall–Kier alpha value is -0.530. The number of unbranched alkanes of at least 4 members (excludes halogenated alkanes) is 9. The number of hydrogen-bond donors (Lipinski definition) is 1. The Bertz CT molecular complexity index is 232. The molecule has 0 saturated heterocycles. The molecule has 0 aliphatic rings. The number of aliphatic carboxylic acids is 1. The number of carbonyl (C=O) groups is 1. The maximum absolute atomic E-state index is 10.4. The zero-order chi connectivity index (χ0) is 16.5. The summed E-state index contributed by atoms with van der Waals surface area (Å²) in [7, 11) is 0. The Morgan fingerprint density at radius 2 is 1.09 bits per heavy atom. The van der Waals surface area contributed by atoms with Crippen LogP contribution in [0.3, 0.4) is 0 Å². The average Bonchev–Trinajstić information content (AvgIpc) is 2.48. The van der Waals surface area contributed by atoms with Crippen molar-refractivity contribution >= 4 is 5.97 Å². The fraction of sp³-hybridized carbons (Fsp3) is 0.950. The molecule has 0 aromatic heterocycles. The summed E-state index contributed by atoms with van der Waals surface area (Å²) in [5, 5.41) is 8.55. The van der Waals surface area contributed by atoms with Gasteiger partial charge in [0.15, 0.2) is 0 Å². The van der Waals surface area contributed by atoms with Crippen LogP contribution in [0.5, 0.6) is 0 Å². The Kier molecular flexibility index (Phi) is 16.4. The van der Waals surface area contributed by atoms with Crippen LogP contribution in [0.15, 0.2) is 0 Å². The van der Waals surface area contributed by atoms with E-state index in [0.29, 0.717) is 6.42 Å². The molecule has 0 aromatic carbocycles. The first kappa shape index (κ1) is 21.5. The van der Waals surface area contributed by atoms with E-state index in [0.717, 1.165) is 18.8 Å². The molecule has 0 aromatic rings. The van der Waals surface area contributed by atoms with Gasteiger partial charge in [0.25, 0.3) is 0 Å². The molecule has 0 unspecified atom stereocenters. The number of rotatable bonds is 17. The van der Waals surface area contributed by atoms with E-state index < -0.39 is 5.97 Å². The molecule has 132 valence electrons. The van der Waals surface area contributed by atoms with Crippen molar-refractivity contribution < 1.29 is 9.90 Å². The summed E-state index contributed by atoms with van der Waals surface area (Å²) in [6, 6.07) is 0. The second kappa shape index (κ2) is 16.8. The largest absolute Gasteiger partial charge is 0.481 e. The highest BCUT2D eigenvalue weighted by atomic mass is 16.4. The third kappa shape index (κ3) is 15.9. The molecule has 0 rings (SSSR count). The first-order valence-electron chi connectivity index (χ1n) is 9.92.